The van der Waals surface area contributed by atoms with Crippen molar-refractivity contribution in [2.45, 2.75) is 33.1 Å². The smallest absolute Gasteiger partial charge is 0.306 e. The molecule has 0 saturated carbocycles. The molecule has 1 unspecified atom stereocenters. The van der Waals surface area contributed by atoms with E-state index in [0.29, 0.717) is 51.4 Å². The van der Waals surface area contributed by atoms with Crippen LogP contribution in [-0.4, -0.2) is 58.9 Å². The quantitative estimate of drug-likeness (QED) is 0.833. The highest BCUT2D eigenvalue weighted by atomic mass is 16.4. The first-order valence-electron chi connectivity index (χ1n) is 7.67. The number of hydrogen-bond donors (Lipinski definition) is 1. The minimum Gasteiger partial charge on any atom is -0.481 e. The lowest BCUT2D eigenvalue weighted by Gasteiger charge is -2.31. The van der Waals surface area contributed by atoms with E-state index < -0.39 is 5.97 Å². The fourth-order valence-electron chi connectivity index (χ4n) is 3.16. The maximum atomic E-state index is 12.5. The largest absolute Gasteiger partial charge is 0.481 e. The number of piperidine rings is 1. The molecule has 2 fully saturated rings. The Balaban J connectivity index is 1.87. The predicted molar refractivity (Wildman–Crippen MR) is 76.5 cm³/mol. The number of hydrogen-bond acceptors (Lipinski definition) is 3. The van der Waals surface area contributed by atoms with Crippen molar-refractivity contribution < 1.29 is 19.5 Å². The van der Waals surface area contributed by atoms with Crippen molar-refractivity contribution in [3.8, 4) is 0 Å². The average molecular weight is 296 g/mol. The number of carbonyl (C=O) groups excluding carboxylic acids is 2. The van der Waals surface area contributed by atoms with Crippen molar-refractivity contribution in [2.24, 2.45) is 17.8 Å². The lowest BCUT2D eigenvalue weighted by atomic mass is 9.95. The summed E-state index contributed by atoms with van der Waals surface area (Å²) in [5.74, 6) is -0.898. The molecule has 6 heteroatoms. The van der Waals surface area contributed by atoms with Crippen LogP contribution in [0.15, 0.2) is 0 Å². The molecule has 1 N–H and O–H groups in total. The molecule has 0 radical (unpaired) electrons. The second-order valence-electron chi connectivity index (χ2n) is 6.53. The normalized spacial score (nSPS) is 24.0. The molecule has 2 amide bonds. The number of carboxylic acids is 1. The molecule has 0 spiro atoms. The summed E-state index contributed by atoms with van der Waals surface area (Å²) in [7, 11) is 0. The topological polar surface area (TPSA) is 77.9 Å². The van der Waals surface area contributed by atoms with Crippen LogP contribution in [0.3, 0.4) is 0 Å². The van der Waals surface area contributed by atoms with E-state index >= 15 is 0 Å². The van der Waals surface area contributed by atoms with Crippen LogP contribution in [0.4, 0.5) is 0 Å². The summed E-state index contributed by atoms with van der Waals surface area (Å²) in [5.41, 5.74) is 0. The Morgan fingerprint density at radius 2 is 1.86 bits per heavy atom. The summed E-state index contributed by atoms with van der Waals surface area (Å²) in [6.45, 7) is 6.30. The van der Waals surface area contributed by atoms with Crippen molar-refractivity contribution in [3.63, 3.8) is 0 Å². The Hall–Kier alpha value is -1.59. The Morgan fingerprint density at radius 3 is 2.38 bits per heavy atom. The summed E-state index contributed by atoms with van der Waals surface area (Å²) in [4.78, 5) is 38.8. The van der Waals surface area contributed by atoms with Gasteiger partial charge in [0.25, 0.3) is 0 Å². The Kier molecular flexibility index (Phi) is 4.85. The fraction of sp³-hybridized carbons (Fsp3) is 0.800. The number of carboxylic acid groups (broad SMARTS) is 1. The van der Waals surface area contributed by atoms with Gasteiger partial charge in [-0.2, -0.15) is 0 Å². The molecule has 2 saturated heterocycles. The van der Waals surface area contributed by atoms with Gasteiger partial charge in [0.15, 0.2) is 0 Å². The van der Waals surface area contributed by atoms with Crippen LogP contribution in [0.25, 0.3) is 0 Å². The Bertz CT molecular complexity index is 427. The van der Waals surface area contributed by atoms with Crippen LogP contribution >= 0.6 is 0 Å². The van der Waals surface area contributed by atoms with E-state index in [0.717, 1.165) is 0 Å². The van der Waals surface area contributed by atoms with Crippen molar-refractivity contribution in [3.05, 3.63) is 0 Å². The summed E-state index contributed by atoms with van der Waals surface area (Å²) in [6.07, 6.45) is 1.32. The van der Waals surface area contributed by atoms with Gasteiger partial charge < -0.3 is 14.9 Å². The molecule has 2 aliphatic heterocycles. The molecule has 0 bridgehead atoms. The van der Waals surface area contributed by atoms with Gasteiger partial charge in [-0.3, -0.25) is 14.4 Å². The van der Waals surface area contributed by atoms with Gasteiger partial charge in [-0.05, 0) is 18.8 Å². The monoisotopic (exact) mass is 296 g/mol. The third-order valence-electron chi connectivity index (χ3n) is 4.31. The van der Waals surface area contributed by atoms with E-state index in [1.54, 1.807) is 9.80 Å². The van der Waals surface area contributed by atoms with Crippen LogP contribution in [0, 0.1) is 17.8 Å². The first kappa shape index (κ1) is 15.8. The minimum absolute atomic E-state index is 0.0124. The Morgan fingerprint density at radius 1 is 1.24 bits per heavy atom. The molecule has 0 aromatic carbocycles. The van der Waals surface area contributed by atoms with E-state index in [1.807, 2.05) is 0 Å². The molecule has 0 aliphatic carbocycles. The van der Waals surface area contributed by atoms with E-state index in [4.69, 9.17) is 5.11 Å². The van der Waals surface area contributed by atoms with Crippen molar-refractivity contribution in [2.75, 3.05) is 26.2 Å². The second-order valence-corrected chi connectivity index (χ2v) is 6.53. The van der Waals surface area contributed by atoms with Crippen molar-refractivity contribution in [1.82, 2.24) is 9.80 Å². The molecule has 2 heterocycles. The Labute approximate surface area is 125 Å². The minimum atomic E-state index is -0.777. The maximum absolute atomic E-state index is 12.5. The lowest BCUT2D eigenvalue weighted by Crippen LogP contribution is -2.43. The zero-order valence-corrected chi connectivity index (χ0v) is 12.7. The third kappa shape index (κ3) is 3.74. The van der Waals surface area contributed by atoms with Crippen LogP contribution in [-0.2, 0) is 14.4 Å². The number of nitrogens with zero attached hydrogens (tertiary/aromatic N) is 2. The average Bonchev–Trinajstić information content (AvgIpc) is 2.78. The summed E-state index contributed by atoms with van der Waals surface area (Å²) in [5, 5.41) is 8.97. The van der Waals surface area contributed by atoms with E-state index in [-0.39, 0.29) is 23.7 Å². The lowest BCUT2D eigenvalue weighted by molar-refractivity contribution is -0.146. The summed E-state index contributed by atoms with van der Waals surface area (Å²) < 4.78 is 0. The number of aliphatic carboxylic acids is 1. The number of rotatable bonds is 4. The first-order valence-corrected chi connectivity index (χ1v) is 7.67. The SMILES string of the molecule is CC(C)CN1CC(C(=O)N2CCC(C(=O)O)CC2)CC1=O. The molecule has 118 valence electrons. The van der Waals surface area contributed by atoms with E-state index in [9.17, 15) is 14.4 Å². The van der Waals surface area contributed by atoms with Gasteiger partial charge in [0.1, 0.15) is 0 Å². The number of amides is 2. The van der Waals surface area contributed by atoms with Gasteiger partial charge >= 0.3 is 5.97 Å². The fourth-order valence-corrected chi connectivity index (χ4v) is 3.16. The standard InChI is InChI=1S/C15H24N2O4/c1-10(2)8-17-9-12(7-13(17)18)14(19)16-5-3-11(4-6-16)15(20)21/h10-12H,3-9H2,1-2H3,(H,20,21). The van der Waals surface area contributed by atoms with Crippen LogP contribution in [0.5, 0.6) is 0 Å². The van der Waals surface area contributed by atoms with E-state index in [1.165, 1.54) is 0 Å². The highest BCUT2D eigenvalue weighted by molar-refractivity contribution is 5.89. The zero-order chi connectivity index (χ0) is 15.6. The molecule has 6 nitrogen and oxygen atoms in total. The van der Waals surface area contributed by atoms with E-state index in [2.05, 4.69) is 13.8 Å². The highest BCUT2D eigenvalue weighted by Crippen LogP contribution is 2.24. The van der Waals surface area contributed by atoms with Crippen molar-refractivity contribution in [1.29, 1.82) is 0 Å². The van der Waals surface area contributed by atoms with Gasteiger partial charge in [0.2, 0.25) is 11.8 Å². The van der Waals surface area contributed by atoms with Gasteiger partial charge in [0.05, 0.1) is 11.8 Å². The zero-order valence-electron chi connectivity index (χ0n) is 12.7. The van der Waals surface area contributed by atoms with Gasteiger partial charge in [-0.25, -0.2) is 0 Å². The van der Waals surface area contributed by atoms with Crippen molar-refractivity contribution >= 4 is 17.8 Å². The number of carbonyl (C=O) groups is 3. The molecule has 0 aromatic rings. The van der Waals surface area contributed by atoms with Gasteiger partial charge in [-0.1, -0.05) is 13.8 Å². The highest BCUT2D eigenvalue weighted by Gasteiger charge is 2.38. The first-order chi connectivity index (χ1) is 9.88. The molecule has 0 aromatic heterocycles. The predicted octanol–water partition coefficient (Wildman–Crippen LogP) is 0.814. The molecule has 1 atom stereocenters. The van der Waals surface area contributed by atoms with Crippen LogP contribution < -0.4 is 0 Å². The second kappa shape index (κ2) is 6.45. The van der Waals surface area contributed by atoms with Gasteiger partial charge in [0, 0.05) is 32.6 Å². The maximum Gasteiger partial charge on any atom is 0.306 e. The third-order valence-corrected chi connectivity index (χ3v) is 4.31. The number of likely N-dealkylation sites (tertiary alicyclic amines) is 2. The molecule has 2 rings (SSSR count). The van der Waals surface area contributed by atoms with Crippen LogP contribution in [0.1, 0.15) is 33.1 Å². The molecule has 21 heavy (non-hydrogen) atoms. The van der Waals surface area contributed by atoms with Crippen LogP contribution in [0.2, 0.25) is 0 Å². The summed E-state index contributed by atoms with van der Waals surface area (Å²) >= 11 is 0. The molecule has 2 aliphatic rings. The van der Waals surface area contributed by atoms with Gasteiger partial charge in [-0.15, -0.1) is 0 Å². The molecular formula is C15H24N2O4. The molecular weight excluding hydrogens is 272 g/mol. The summed E-state index contributed by atoms with van der Waals surface area (Å²) in [6, 6.07) is 0.